The SMILES string of the molecule is Cl.NCCC(=O)NCCC1CCOCC1. The Bertz CT molecular complexity index is 173. The third-order valence-corrected chi connectivity index (χ3v) is 2.59. The zero-order valence-electron chi connectivity index (χ0n) is 9.04. The van der Waals surface area contributed by atoms with Crippen LogP contribution in [0.4, 0.5) is 0 Å². The van der Waals surface area contributed by atoms with Crippen LogP contribution in [0.5, 0.6) is 0 Å². The van der Waals surface area contributed by atoms with Gasteiger partial charge in [0.1, 0.15) is 0 Å². The van der Waals surface area contributed by atoms with E-state index in [-0.39, 0.29) is 18.3 Å². The second-order valence-electron chi connectivity index (χ2n) is 3.73. The van der Waals surface area contributed by atoms with Crippen molar-refractivity contribution < 1.29 is 9.53 Å². The van der Waals surface area contributed by atoms with Crippen molar-refractivity contribution in [1.82, 2.24) is 5.32 Å². The predicted octanol–water partition coefficient (Wildman–Crippen LogP) is 0.690. The summed E-state index contributed by atoms with van der Waals surface area (Å²) in [6.07, 6.45) is 3.77. The number of amides is 1. The minimum Gasteiger partial charge on any atom is -0.381 e. The van der Waals surface area contributed by atoms with Crippen molar-refractivity contribution in [1.29, 1.82) is 0 Å². The first-order valence-electron chi connectivity index (χ1n) is 5.37. The van der Waals surface area contributed by atoms with E-state index in [0.717, 1.165) is 44.9 Å². The van der Waals surface area contributed by atoms with Crippen LogP contribution in [0.3, 0.4) is 0 Å². The van der Waals surface area contributed by atoms with E-state index < -0.39 is 0 Å². The Morgan fingerprint density at radius 3 is 2.67 bits per heavy atom. The van der Waals surface area contributed by atoms with Crippen LogP contribution in [0.15, 0.2) is 0 Å². The number of hydrogen-bond acceptors (Lipinski definition) is 3. The fourth-order valence-corrected chi connectivity index (χ4v) is 1.67. The van der Waals surface area contributed by atoms with Gasteiger partial charge in [0.05, 0.1) is 0 Å². The van der Waals surface area contributed by atoms with Crippen LogP contribution < -0.4 is 11.1 Å². The Kier molecular flexibility index (Phi) is 8.76. The highest BCUT2D eigenvalue weighted by atomic mass is 35.5. The van der Waals surface area contributed by atoms with E-state index in [9.17, 15) is 4.79 Å². The molecule has 1 aliphatic heterocycles. The first-order valence-corrected chi connectivity index (χ1v) is 5.37. The largest absolute Gasteiger partial charge is 0.381 e. The van der Waals surface area contributed by atoms with Gasteiger partial charge in [-0.1, -0.05) is 0 Å². The lowest BCUT2D eigenvalue weighted by Crippen LogP contribution is -2.28. The predicted molar refractivity (Wildman–Crippen MR) is 62.1 cm³/mol. The summed E-state index contributed by atoms with van der Waals surface area (Å²) in [5, 5.41) is 2.87. The monoisotopic (exact) mass is 236 g/mol. The topological polar surface area (TPSA) is 64.4 Å². The molecule has 0 aromatic rings. The number of nitrogens with two attached hydrogens (primary N) is 1. The van der Waals surface area contributed by atoms with Crippen LogP contribution in [0.1, 0.15) is 25.7 Å². The quantitative estimate of drug-likeness (QED) is 0.738. The average Bonchev–Trinajstić information content (AvgIpc) is 2.20. The van der Waals surface area contributed by atoms with E-state index in [1.54, 1.807) is 0 Å². The molecule has 0 saturated carbocycles. The molecule has 1 amide bonds. The molecule has 0 unspecified atom stereocenters. The number of carbonyl (C=O) groups is 1. The molecular weight excluding hydrogens is 216 g/mol. The van der Waals surface area contributed by atoms with Crippen molar-refractivity contribution in [2.75, 3.05) is 26.3 Å². The van der Waals surface area contributed by atoms with Crippen molar-refractivity contribution in [2.45, 2.75) is 25.7 Å². The van der Waals surface area contributed by atoms with Crippen LogP contribution in [-0.4, -0.2) is 32.2 Å². The summed E-state index contributed by atoms with van der Waals surface area (Å²) in [5.41, 5.74) is 5.27. The lowest BCUT2D eigenvalue weighted by molar-refractivity contribution is -0.120. The summed E-state index contributed by atoms with van der Waals surface area (Å²) >= 11 is 0. The molecule has 1 rings (SSSR count). The molecule has 15 heavy (non-hydrogen) atoms. The first kappa shape index (κ1) is 14.7. The zero-order chi connectivity index (χ0) is 10.2. The third-order valence-electron chi connectivity index (χ3n) is 2.59. The molecule has 0 bridgehead atoms. The summed E-state index contributed by atoms with van der Waals surface area (Å²) < 4.78 is 5.26. The number of carbonyl (C=O) groups excluding carboxylic acids is 1. The fourth-order valence-electron chi connectivity index (χ4n) is 1.67. The summed E-state index contributed by atoms with van der Waals surface area (Å²) in [6, 6.07) is 0. The third kappa shape index (κ3) is 6.71. The van der Waals surface area contributed by atoms with Crippen molar-refractivity contribution in [3.8, 4) is 0 Å². The molecule has 0 atom stereocenters. The maximum atomic E-state index is 11.1. The molecule has 1 fully saturated rings. The van der Waals surface area contributed by atoms with Gasteiger partial charge in [-0.2, -0.15) is 0 Å². The second kappa shape index (κ2) is 8.95. The maximum absolute atomic E-state index is 11.1. The van der Waals surface area contributed by atoms with Gasteiger partial charge in [0, 0.05) is 32.7 Å². The Morgan fingerprint density at radius 2 is 2.07 bits per heavy atom. The molecule has 90 valence electrons. The van der Waals surface area contributed by atoms with Gasteiger partial charge in [-0.05, 0) is 25.2 Å². The van der Waals surface area contributed by atoms with Gasteiger partial charge < -0.3 is 15.8 Å². The lowest BCUT2D eigenvalue weighted by atomic mass is 9.97. The summed E-state index contributed by atoms with van der Waals surface area (Å²) in [6.45, 7) is 2.97. The normalized spacial score (nSPS) is 16.9. The Labute approximate surface area is 97.3 Å². The standard InChI is InChI=1S/C10H20N2O2.ClH/c11-5-1-10(13)12-6-2-9-3-7-14-8-4-9;/h9H,1-8,11H2,(H,12,13);1H. The van der Waals surface area contributed by atoms with Crippen LogP contribution in [0.25, 0.3) is 0 Å². The van der Waals surface area contributed by atoms with Gasteiger partial charge in [0.15, 0.2) is 0 Å². The molecule has 0 aromatic heterocycles. The van der Waals surface area contributed by atoms with Crippen LogP contribution in [0.2, 0.25) is 0 Å². The van der Waals surface area contributed by atoms with Crippen LogP contribution >= 0.6 is 12.4 Å². The highest BCUT2D eigenvalue weighted by Crippen LogP contribution is 2.17. The van der Waals surface area contributed by atoms with E-state index in [2.05, 4.69) is 5.32 Å². The fraction of sp³-hybridized carbons (Fsp3) is 0.900. The Hall–Kier alpha value is -0.320. The molecule has 0 aliphatic carbocycles. The minimum absolute atomic E-state index is 0. The molecule has 4 nitrogen and oxygen atoms in total. The average molecular weight is 237 g/mol. The number of halogens is 1. The van der Waals surface area contributed by atoms with Crippen molar-refractivity contribution in [2.24, 2.45) is 11.7 Å². The van der Waals surface area contributed by atoms with Crippen molar-refractivity contribution >= 4 is 18.3 Å². The molecule has 1 aliphatic rings. The maximum Gasteiger partial charge on any atom is 0.221 e. The molecule has 0 radical (unpaired) electrons. The number of rotatable bonds is 5. The van der Waals surface area contributed by atoms with E-state index >= 15 is 0 Å². The van der Waals surface area contributed by atoms with Gasteiger partial charge in [-0.3, -0.25) is 4.79 Å². The highest BCUT2D eigenvalue weighted by Gasteiger charge is 2.13. The number of ether oxygens (including phenoxy) is 1. The van der Waals surface area contributed by atoms with E-state index in [0.29, 0.717) is 13.0 Å². The molecule has 3 N–H and O–H groups in total. The number of hydrogen-bond donors (Lipinski definition) is 2. The Morgan fingerprint density at radius 1 is 1.40 bits per heavy atom. The molecule has 5 heteroatoms. The van der Waals surface area contributed by atoms with Gasteiger partial charge in [-0.25, -0.2) is 0 Å². The molecule has 0 aromatic carbocycles. The Balaban J connectivity index is 0.00000196. The number of nitrogens with one attached hydrogen (secondary N) is 1. The first-order chi connectivity index (χ1) is 6.83. The van der Waals surface area contributed by atoms with E-state index in [1.165, 1.54) is 0 Å². The molecule has 0 spiro atoms. The molecule has 1 heterocycles. The molecule has 1 saturated heterocycles. The van der Waals surface area contributed by atoms with E-state index in [1.807, 2.05) is 0 Å². The molecular formula is C10H21ClN2O2. The summed E-state index contributed by atoms with van der Waals surface area (Å²) in [5.74, 6) is 0.793. The second-order valence-corrected chi connectivity index (χ2v) is 3.73. The van der Waals surface area contributed by atoms with Crippen molar-refractivity contribution in [3.63, 3.8) is 0 Å². The summed E-state index contributed by atoms with van der Waals surface area (Å²) in [4.78, 5) is 11.1. The van der Waals surface area contributed by atoms with Crippen LogP contribution in [-0.2, 0) is 9.53 Å². The van der Waals surface area contributed by atoms with E-state index in [4.69, 9.17) is 10.5 Å². The van der Waals surface area contributed by atoms with Gasteiger partial charge >= 0.3 is 0 Å². The van der Waals surface area contributed by atoms with Crippen molar-refractivity contribution in [3.05, 3.63) is 0 Å². The minimum atomic E-state index is 0. The zero-order valence-corrected chi connectivity index (χ0v) is 9.85. The summed E-state index contributed by atoms with van der Waals surface area (Å²) in [7, 11) is 0. The lowest BCUT2D eigenvalue weighted by Gasteiger charge is -2.21. The van der Waals surface area contributed by atoms with Gasteiger partial charge in [-0.15, -0.1) is 12.4 Å². The van der Waals surface area contributed by atoms with Gasteiger partial charge in [0.25, 0.3) is 0 Å². The highest BCUT2D eigenvalue weighted by molar-refractivity contribution is 5.85. The van der Waals surface area contributed by atoms with Crippen LogP contribution in [0, 0.1) is 5.92 Å². The smallest absolute Gasteiger partial charge is 0.221 e. The van der Waals surface area contributed by atoms with Gasteiger partial charge in [0.2, 0.25) is 5.91 Å².